The lowest BCUT2D eigenvalue weighted by atomic mass is 10.00. The van der Waals surface area contributed by atoms with Gasteiger partial charge in [0.05, 0.1) is 0 Å². The topological polar surface area (TPSA) is 59.6 Å². The molecule has 1 aromatic heterocycles. The lowest BCUT2D eigenvalue weighted by Gasteiger charge is -2.37. The maximum absolute atomic E-state index is 6.02. The van der Waals surface area contributed by atoms with Crippen molar-refractivity contribution in [2.24, 2.45) is 0 Å². The molecule has 1 saturated heterocycles. The second kappa shape index (κ2) is 12.1. The van der Waals surface area contributed by atoms with E-state index in [4.69, 9.17) is 33.8 Å². The maximum atomic E-state index is 6.02. The summed E-state index contributed by atoms with van der Waals surface area (Å²) in [5.41, 5.74) is 5.11. The average Bonchev–Trinajstić information content (AvgIpc) is 3.01. The summed E-state index contributed by atoms with van der Waals surface area (Å²) in [6, 6.07) is 29.1. The number of aromatic nitrogens is 2. The molecule has 0 saturated carbocycles. The van der Waals surface area contributed by atoms with E-state index in [2.05, 4.69) is 86.0 Å². The molecule has 3 heterocycles. The second-order valence-electron chi connectivity index (χ2n) is 10.1. The number of piperazine rings is 1. The zero-order chi connectivity index (χ0) is 27.3. The predicted molar refractivity (Wildman–Crippen MR) is 169 cm³/mol. The number of nitrogens with one attached hydrogen (secondary N) is 2. The molecule has 0 radical (unpaired) electrons. The standard InChI is InChI=1S/C31H32ClN7S/c32-26-12-10-23(11-13-26)21-33-31(40)36-30-34-28(38-18-16-37(17-19-38)27-8-2-1-3-9-27)20-29(35-30)39-15-14-24-6-4-5-7-25(24)22-39/h1-13,20H,14-19,21-22H2,(H2,33,34,35,36,40). The Morgan fingerprint density at radius 2 is 1.40 bits per heavy atom. The molecule has 0 bridgehead atoms. The van der Waals surface area contributed by atoms with Gasteiger partial charge < -0.3 is 25.3 Å². The van der Waals surface area contributed by atoms with Gasteiger partial charge in [0, 0.05) is 62.6 Å². The molecule has 2 aliphatic rings. The third kappa shape index (κ3) is 6.29. The number of benzene rings is 3. The summed E-state index contributed by atoms with van der Waals surface area (Å²) >= 11 is 11.6. The van der Waals surface area contributed by atoms with Crippen LogP contribution in [0.5, 0.6) is 0 Å². The van der Waals surface area contributed by atoms with Gasteiger partial charge in [0.1, 0.15) is 11.6 Å². The summed E-state index contributed by atoms with van der Waals surface area (Å²) in [6.45, 7) is 5.95. The molecule has 3 aromatic carbocycles. The van der Waals surface area contributed by atoms with Gasteiger partial charge in [-0.15, -0.1) is 0 Å². The summed E-state index contributed by atoms with van der Waals surface area (Å²) in [5.74, 6) is 2.33. The molecule has 0 amide bonds. The fourth-order valence-electron chi connectivity index (χ4n) is 5.26. The summed E-state index contributed by atoms with van der Waals surface area (Å²) in [4.78, 5) is 16.9. The first-order valence-electron chi connectivity index (χ1n) is 13.7. The Labute approximate surface area is 245 Å². The average molecular weight is 570 g/mol. The van der Waals surface area contributed by atoms with Gasteiger partial charge in [0.25, 0.3) is 0 Å². The maximum Gasteiger partial charge on any atom is 0.232 e. The highest BCUT2D eigenvalue weighted by Gasteiger charge is 2.23. The number of anilines is 4. The van der Waals surface area contributed by atoms with Gasteiger partial charge in [-0.2, -0.15) is 9.97 Å². The van der Waals surface area contributed by atoms with E-state index in [0.717, 1.165) is 62.9 Å². The van der Waals surface area contributed by atoms with Crippen LogP contribution in [0.1, 0.15) is 16.7 Å². The van der Waals surface area contributed by atoms with E-state index in [9.17, 15) is 0 Å². The number of para-hydroxylation sites is 1. The highest BCUT2D eigenvalue weighted by molar-refractivity contribution is 7.80. The minimum Gasteiger partial charge on any atom is -0.368 e. The molecule has 0 unspecified atom stereocenters. The smallest absolute Gasteiger partial charge is 0.232 e. The Bertz CT molecular complexity index is 1460. The first-order chi connectivity index (χ1) is 19.6. The molecule has 0 spiro atoms. The van der Waals surface area contributed by atoms with Crippen molar-refractivity contribution in [2.45, 2.75) is 19.5 Å². The quantitative estimate of drug-likeness (QED) is 0.295. The van der Waals surface area contributed by atoms with E-state index in [1.54, 1.807) is 0 Å². The van der Waals surface area contributed by atoms with Gasteiger partial charge in [-0.05, 0) is 59.6 Å². The first-order valence-corrected chi connectivity index (χ1v) is 14.4. The third-order valence-corrected chi connectivity index (χ3v) is 7.97. The number of nitrogens with zero attached hydrogens (tertiary/aromatic N) is 5. The fraction of sp³-hybridized carbons (Fsp3) is 0.258. The molecule has 4 aromatic rings. The largest absolute Gasteiger partial charge is 0.368 e. The Kier molecular flexibility index (Phi) is 7.97. The number of thiocarbonyl (C=S) groups is 1. The van der Waals surface area contributed by atoms with Gasteiger partial charge in [0.2, 0.25) is 5.95 Å². The second-order valence-corrected chi connectivity index (χ2v) is 10.9. The van der Waals surface area contributed by atoms with Crippen molar-refractivity contribution in [2.75, 3.05) is 52.7 Å². The van der Waals surface area contributed by atoms with Crippen molar-refractivity contribution in [3.05, 3.63) is 107 Å². The lowest BCUT2D eigenvalue weighted by Crippen LogP contribution is -2.47. The van der Waals surface area contributed by atoms with Gasteiger partial charge in [0.15, 0.2) is 5.11 Å². The zero-order valence-corrected chi connectivity index (χ0v) is 23.8. The summed E-state index contributed by atoms with van der Waals surface area (Å²) in [6.07, 6.45) is 0.995. The SMILES string of the molecule is S=C(NCc1ccc(Cl)cc1)Nc1nc(N2CCN(c3ccccc3)CC2)cc(N2CCc3ccccc3C2)n1. The number of hydrogen-bond acceptors (Lipinski definition) is 6. The Balaban J connectivity index is 1.20. The van der Waals surface area contributed by atoms with Gasteiger partial charge in [-0.3, -0.25) is 0 Å². The number of hydrogen-bond donors (Lipinski definition) is 2. The van der Waals surface area contributed by atoms with E-state index in [1.165, 1.54) is 16.8 Å². The van der Waals surface area contributed by atoms with Crippen molar-refractivity contribution in [1.82, 2.24) is 15.3 Å². The van der Waals surface area contributed by atoms with Crippen LogP contribution in [0.3, 0.4) is 0 Å². The normalized spacial score (nSPS) is 15.0. The molecule has 0 aliphatic carbocycles. The number of fused-ring (bicyclic) bond motifs is 1. The van der Waals surface area contributed by atoms with Crippen LogP contribution < -0.4 is 25.3 Å². The number of halogens is 1. The molecule has 204 valence electrons. The molecule has 40 heavy (non-hydrogen) atoms. The fourth-order valence-corrected chi connectivity index (χ4v) is 5.55. The van der Waals surface area contributed by atoms with Crippen LogP contribution in [0, 0.1) is 0 Å². The van der Waals surface area contributed by atoms with Gasteiger partial charge in [-0.1, -0.05) is 66.2 Å². The first kappa shape index (κ1) is 26.3. The van der Waals surface area contributed by atoms with Gasteiger partial charge >= 0.3 is 0 Å². The molecule has 2 aliphatic heterocycles. The van der Waals surface area contributed by atoms with Crippen LogP contribution >= 0.6 is 23.8 Å². The predicted octanol–water partition coefficient (Wildman–Crippen LogP) is 5.51. The minimum absolute atomic E-state index is 0.482. The third-order valence-electron chi connectivity index (χ3n) is 7.47. The van der Waals surface area contributed by atoms with Crippen LogP contribution in [0.4, 0.5) is 23.3 Å². The van der Waals surface area contributed by atoms with Crippen LogP contribution in [0.2, 0.25) is 5.02 Å². The summed E-state index contributed by atoms with van der Waals surface area (Å²) in [5, 5.41) is 7.71. The van der Waals surface area contributed by atoms with E-state index in [1.807, 2.05) is 24.3 Å². The van der Waals surface area contributed by atoms with E-state index < -0.39 is 0 Å². The van der Waals surface area contributed by atoms with Crippen LogP contribution in [-0.2, 0) is 19.5 Å². The molecule has 6 rings (SSSR count). The molecule has 2 N–H and O–H groups in total. The Morgan fingerprint density at radius 3 is 2.15 bits per heavy atom. The van der Waals surface area contributed by atoms with Crippen LogP contribution in [0.15, 0.2) is 84.9 Å². The van der Waals surface area contributed by atoms with Crippen molar-refractivity contribution < 1.29 is 0 Å². The summed E-state index contributed by atoms with van der Waals surface area (Å²) < 4.78 is 0. The molecular formula is C31H32ClN7S. The van der Waals surface area contributed by atoms with Crippen molar-refractivity contribution in [3.63, 3.8) is 0 Å². The number of rotatable bonds is 6. The molecule has 0 atom stereocenters. The highest BCUT2D eigenvalue weighted by Crippen LogP contribution is 2.28. The van der Waals surface area contributed by atoms with E-state index >= 15 is 0 Å². The van der Waals surface area contributed by atoms with Crippen LogP contribution in [-0.4, -0.2) is 47.8 Å². The Morgan fingerprint density at radius 1 is 0.750 bits per heavy atom. The zero-order valence-electron chi connectivity index (χ0n) is 22.3. The monoisotopic (exact) mass is 569 g/mol. The molecular weight excluding hydrogens is 538 g/mol. The molecule has 9 heteroatoms. The Hall–Kier alpha value is -3.88. The van der Waals surface area contributed by atoms with E-state index in [0.29, 0.717) is 22.6 Å². The van der Waals surface area contributed by atoms with Gasteiger partial charge in [-0.25, -0.2) is 0 Å². The van der Waals surface area contributed by atoms with E-state index in [-0.39, 0.29) is 0 Å². The highest BCUT2D eigenvalue weighted by atomic mass is 35.5. The molecule has 1 fully saturated rings. The van der Waals surface area contributed by atoms with Crippen molar-refractivity contribution in [3.8, 4) is 0 Å². The lowest BCUT2D eigenvalue weighted by molar-refractivity contribution is 0.646. The minimum atomic E-state index is 0.482. The van der Waals surface area contributed by atoms with Crippen molar-refractivity contribution >= 4 is 52.2 Å². The molecule has 7 nitrogen and oxygen atoms in total. The van der Waals surface area contributed by atoms with Crippen molar-refractivity contribution in [1.29, 1.82) is 0 Å². The van der Waals surface area contributed by atoms with Crippen LogP contribution in [0.25, 0.3) is 0 Å². The summed E-state index contributed by atoms with van der Waals surface area (Å²) in [7, 11) is 0.